The summed E-state index contributed by atoms with van der Waals surface area (Å²) in [6.45, 7) is 2.35. The van der Waals surface area contributed by atoms with Crippen molar-refractivity contribution in [3.8, 4) is 0 Å². The van der Waals surface area contributed by atoms with Gasteiger partial charge in [0.1, 0.15) is 5.82 Å². The third-order valence-electron chi connectivity index (χ3n) is 2.79. The summed E-state index contributed by atoms with van der Waals surface area (Å²) in [5.74, 6) is -0.114. The maximum Gasteiger partial charge on any atom is 0.126 e. The van der Waals surface area contributed by atoms with Gasteiger partial charge in [-0.15, -0.1) is 0 Å². The van der Waals surface area contributed by atoms with Crippen molar-refractivity contribution in [1.82, 2.24) is 4.90 Å². The van der Waals surface area contributed by atoms with E-state index in [1.165, 1.54) is 6.07 Å². The smallest absolute Gasteiger partial charge is 0.126 e. The normalized spacial score (nSPS) is 16.5. The van der Waals surface area contributed by atoms with Crippen molar-refractivity contribution >= 4 is 15.9 Å². The average molecular weight is 274 g/mol. The highest BCUT2D eigenvalue weighted by atomic mass is 79.9. The Morgan fingerprint density at radius 2 is 2.20 bits per heavy atom. The van der Waals surface area contributed by atoms with Crippen molar-refractivity contribution in [3.05, 3.63) is 33.5 Å². The highest BCUT2D eigenvalue weighted by Gasteiger charge is 2.20. The molecule has 0 spiro atoms. The molecule has 1 aliphatic heterocycles. The molecule has 0 unspecified atom stereocenters. The highest BCUT2D eigenvalue weighted by molar-refractivity contribution is 9.10. The number of aliphatic hydroxyl groups is 1. The van der Waals surface area contributed by atoms with Crippen LogP contribution in [-0.4, -0.2) is 29.7 Å². The van der Waals surface area contributed by atoms with Gasteiger partial charge in [0.25, 0.3) is 0 Å². The van der Waals surface area contributed by atoms with Crippen LogP contribution in [0, 0.1) is 5.82 Å². The molecule has 2 nitrogen and oxygen atoms in total. The SMILES string of the molecule is OCCN1CCc2c(F)ccc(Br)c2C1. The summed E-state index contributed by atoms with van der Waals surface area (Å²) in [7, 11) is 0. The van der Waals surface area contributed by atoms with E-state index in [0.29, 0.717) is 13.1 Å². The second-order valence-electron chi connectivity index (χ2n) is 3.74. The zero-order valence-corrected chi connectivity index (χ0v) is 9.93. The number of fused-ring (bicyclic) bond motifs is 1. The molecule has 15 heavy (non-hydrogen) atoms. The number of hydrogen-bond donors (Lipinski definition) is 1. The van der Waals surface area contributed by atoms with Crippen LogP contribution in [0.3, 0.4) is 0 Å². The van der Waals surface area contributed by atoms with Crippen LogP contribution in [0.5, 0.6) is 0 Å². The van der Waals surface area contributed by atoms with Gasteiger partial charge in [0.05, 0.1) is 6.61 Å². The zero-order valence-electron chi connectivity index (χ0n) is 8.34. The van der Waals surface area contributed by atoms with Crippen molar-refractivity contribution < 1.29 is 9.50 Å². The first-order valence-corrected chi connectivity index (χ1v) is 5.80. The predicted octanol–water partition coefficient (Wildman–Crippen LogP) is 1.94. The van der Waals surface area contributed by atoms with Crippen LogP contribution in [0.1, 0.15) is 11.1 Å². The Morgan fingerprint density at radius 1 is 1.40 bits per heavy atom. The third-order valence-corrected chi connectivity index (χ3v) is 3.54. The highest BCUT2D eigenvalue weighted by Crippen LogP contribution is 2.28. The molecule has 0 amide bonds. The maximum atomic E-state index is 13.5. The zero-order chi connectivity index (χ0) is 10.8. The summed E-state index contributed by atoms with van der Waals surface area (Å²) in [5, 5.41) is 8.86. The molecule has 0 aliphatic carbocycles. The van der Waals surface area contributed by atoms with Crippen LogP contribution in [0.25, 0.3) is 0 Å². The number of hydrogen-bond acceptors (Lipinski definition) is 2. The number of rotatable bonds is 2. The molecule has 0 saturated carbocycles. The van der Waals surface area contributed by atoms with Gasteiger partial charge in [-0.1, -0.05) is 15.9 Å². The number of aliphatic hydroxyl groups excluding tert-OH is 1. The van der Waals surface area contributed by atoms with E-state index in [1.807, 2.05) is 0 Å². The quantitative estimate of drug-likeness (QED) is 0.891. The maximum absolute atomic E-state index is 13.5. The fourth-order valence-corrected chi connectivity index (χ4v) is 2.48. The van der Waals surface area contributed by atoms with Crippen LogP contribution in [0.15, 0.2) is 16.6 Å². The summed E-state index contributed by atoms with van der Waals surface area (Å²) in [4.78, 5) is 2.13. The molecule has 1 heterocycles. The van der Waals surface area contributed by atoms with Gasteiger partial charge < -0.3 is 5.11 Å². The molecule has 0 aromatic heterocycles. The van der Waals surface area contributed by atoms with Crippen LogP contribution in [0.4, 0.5) is 4.39 Å². The minimum Gasteiger partial charge on any atom is -0.395 e. The van der Waals surface area contributed by atoms with Gasteiger partial charge >= 0.3 is 0 Å². The number of β-amino-alcohol motifs (C(OH)–C–C–N with tert-alkyl or cyclic N) is 1. The van der Waals surface area contributed by atoms with Crippen molar-refractivity contribution in [1.29, 1.82) is 0 Å². The Labute approximate surface area is 96.8 Å². The minimum atomic E-state index is -0.114. The van der Waals surface area contributed by atoms with Gasteiger partial charge in [0.2, 0.25) is 0 Å². The largest absolute Gasteiger partial charge is 0.395 e. The molecule has 4 heteroatoms. The first kappa shape index (κ1) is 11.0. The molecule has 0 radical (unpaired) electrons. The lowest BCUT2D eigenvalue weighted by molar-refractivity contribution is 0.183. The minimum absolute atomic E-state index is 0.114. The van der Waals surface area contributed by atoms with E-state index in [2.05, 4.69) is 20.8 Å². The van der Waals surface area contributed by atoms with E-state index in [9.17, 15) is 4.39 Å². The lowest BCUT2D eigenvalue weighted by Gasteiger charge is -2.29. The van der Waals surface area contributed by atoms with Gasteiger partial charge in [-0.05, 0) is 29.7 Å². The summed E-state index contributed by atoms with van der Waals surface area (Å²) in [6, 6.07) is 3.25. The summed E-state index contributed by atoms with van der Waals surface area (Å²) in [6.07, 6.45) is 0.723. The fraction of sp³-hybridized carbons (Fsp3) is 0.455. The second-order valence-corrected chi connectivity index (χ2v) is 4.59. The molecule has 0 saturated heterocycles. The Bertz CT molecular complexity index is 370. The van der Waals surface area contributed by atoms with Gasteiger partial charge in [-0.25, -0.2) is 4.39 Å². The Morgan fingerprint density at radius 3 is 2.93 bits per heavy atom. The van der Waals surface area contributed by atoms with Gasteiger partial charge in [-0.3, -0.25) is 4.90 Å². The standard InChI is InChI=1S/C11H13BrFNO/c12-10-1-2-11(13)8-3-4-14(5-6-15)7-9(8)10/h1-2,15H,3-7H2. The molecule has 1 aromatic carbocycles. The molecule has 2 rings (SSSR count). The van der Waals surface area contributed by atoms with Crippen LogP contribution >= 0.6 is 15.9 Å². The van der Waals surface area contributed by atoms with E-state index < -0.39 is 0 Å². The van der Waals surface area contributed by atoms with E-state index in [1.54, 1.807) is 6.07 Å². The average Bonchev–Trinajstić information content (AvgIpc) is 2.24. The van der Waals surface area contributed by atoms with E-state index in [0.717, 1.165) is 28.6 Å². The molecule has 1 aromatic rings. The summed E-state index contributed by atoms with van der Waals surface area (Å²) in [5.41, 5.74) is 1.84. The van der Waals surface area contributed by atoms with E-state index >= 15 is 0 Å². The molecule has 0 bridgehead atoms. The fourth-order valence-electron chi connectivity index (χ4n) is 1.98. The van der Waals surface area contributed by atoms with E-state index in [4.69, 9.17) is 5.11 Å². The Kier molecular flexibility index (Phi) is 3.38. The number of halogens is 2. The lowest BCUT2D eigenvalue weighted by Crippen LogP contribution is -2.33. The van der Waals surface area contributed by atoms with Crippen molar-refractivity contribution in [2.45, 2.75) is 13.0 Å². The first-order chi connectivity index (χ1) is 7.22. The molecule has 0 fully saturated rings. The lowest BCUT2D eigenvalue weighted by atomic mass is 9.99. The monoisotopic (exact) mass is 273 g/mol. The van der Waals surface area contributed by atoms with Gasteiger partial charge in [0, 0.05) is 24.1 Å². The van der Waals surface area contributed by atoms with Crippen LogP contribution in [0.2, 0.25) is 0 Å². The van der Waals surface area contributed by atoms with Crippen LogP contribution in [-0.2, 0) is 13.0 Å². The molecule has 82 valence electrons. The predicted molar refractivity (Wildman–Crippen MR) is 60.2 cm³/mol. The topological polar surface area (TPSA) is 23.5 Å². The second kappa shape index (κ2) is 4.60. The van der Waals surface area contributed by atoms with E-state index in [-0.39, 0.29) is 12.4 Å². The molecule has 1 aliphatic rings. The first-order valence-electron chi connectivity index (χ1n) is 5.01. The van der Waals surface area contributed by atoms with Crippen molar-refractivity contribution in [2.75, 3.05) is 19.7 Å². The third kappa shape index (κ3) is 2.22. The number of benzene rings is 1. The summed E-state index contributed by atoms with van der Waals surface area (Å²) >= 11 is 3.44. The van der Waals surface area contributed by atoms with Crippen LogP contribution < -0.4 is 0 Å². The molecule has 1 N–H and O–H groups in total. The van der Waals surface area contributed by atoms with Gasteiger partial charge in [0.15, 0.2) is 0 Å². The molecule has 0 atom stereocenters. The number of nitrogens with zero attached hydrogens (tertiary/aromatic N) is 1. The molecular formula is C11H13BrFNO. The Hall–Kier alpha value is -0.450. The summed E-state index contributed by atoms with van der Waals surface area (Å²) < 4.78 is 14.4. The van der Waals surface area contributed by atoms with Crippen molar-refractivity contribution in [2.24, 2.45) is 0 Å². The van der Waals surface area contributed by atoms with Gasteiger partial charge in [-0.2, -0.15) is 0 Å². The Balaban J connectivity index is 2.28. The molecular weight excluding hydrogens is 261 g/mol. The van der Waals surface area contributed by atoms with Crippen molar-refractivity contribution in [3.63, 3.8) is 0 Å².